The zero-order valence-corrected chi connectivity index (χ0v) is 15.9. The minimum atomic E-state index is -0.396. The predicted octanol–water partition coefficient (Wildman–Crippen LogP) is 4.67. The molecule has 2 aromatic carbocycles. The second-order valence-corrected chi connectivity index (χ2v) is 7.24. The van der Waals surface area contributed by atoms with E-state index in [9.17, 15) is 9.90 Å². The van der Waals surface area contributed by atoms with Crippen LogP contribution < -0.4 is 0 Å². The summed E-state index contributed by atoms with van der Waals surface area (Å²) in [4.78, 5) is 15.3. The molecule has 0 fully saturated rings. The normalized spacial score (nSPS) is 12.4. The molecule has 0 radical (unpaired) electrons. The molecule has 2 rings (SSSR count). The molecular formula is C22H29NO2. The molecule has 0 spiro atoms. The molecule has 0 bridgehead atoms. The van der Waals surface area contributed by atoms with E-state index in [4.69, 9.17) is 0 Å². The first-order valence-electron chi connectivity index (χ1n) is 8.97. The summed E-state index contributed by atoms with van der Waals surface area (Å²) in [7, 11) is 0. The second kappa shape index (κ2) is 8.19. The van der Waals surface area contributed by atoms with Crippen molar-refractivity contribution in [2.75, 3.05) is 0 Å². The number of phenols is 1. The number of aryl methyl sites for hydroxylation is 1. The Morgan fingerprint density at radius 2 is 1.60 bits per heavy atom. The van der Waals surface area contributed by atoms with Crippen molar-refractivity contribution in [3.63, 3.8) is 0 Å². The van der Waals surface area contributed by atoms with E-state index in [0.29, 0.717) is 12.0 Å². The molecule has 3 heteroatoms. The first kappa shape index (κ1) is 19.0. The summed E-state index contributed by atoms with van der Waals surface area (Å²) in [6.45, 7) is 10.1. The van der Waals surface area contributed by atoms with Crippen molar-refractivity contribution in [2.24, 2.45) is 0 Å². The molecule has 0 aliphatic heterocycles. The van der Waals surface area contributed by atoms with Gasteiger partial charge in [-0.05, 0) is 52.7 Å². The Hall–Kier alpha value is -2.29. The van der Waals surface area contributed by atoms with Crippen molar-refractivity contribution in [1.29, 1.82) is 0 Å². The van der Waals surface area contributed by atoms with Gasteiger partial charge in [0.1, 0.15) is 5.75 Å². The SMILES string of the molecule is Cc1ccc(O)c(C(Cc2ccccc2)C(=O)N(C(C)C)C(C)C)c1. The minimum absolute atomic E-state index is 0.0646. The Labute approximate surface area is 151 Å². The van der Waals surface area contributed by atoms with Gasteiger partial charge in [0.15, 0.2) is 0 Å². The number of nitrogens with zero attached hydrogens (tertiary/aromatic N) is 1. The van der Waals surface area contributed by atoms with Gasteiger partial charge in [-0.15, -0.1) is 0 Å². The average molecular weight is 339 g/mol. The summed E-state index contributed by atoms with van der Waals surface area (Å²) in [6.07, 6.45) is 0.576. The van der Waals surface area contributed by atoms with Gasteiger partial charge in [-0.1, -0.05) is 48.0 Å². The van der Waals surface area contributed by atoms with Crippen molar-refractivity contribution in [3.8, 4) is 5.75 Å². The largest absolute Gasteiger partial charge is 0.508 e. The molecule has 0 aliphatic rings. The van der Waals surface area contributed by atoms with Crippen LogP contribution in [0.2, 0.25) is 0 Å². The molecular weight excluding hydrogens is 310 g/mol. The lowest BCUT2D eigenvalue weighted by Gasteiger charge is -2.34. The van der Waals surface area contributed by atoms with E-state index in [1.807, 2.05) is 82.0 Å². The molecule has 0 saturated heterocycles. The highest BCUT2D eigenvalue weighted by molar-refractivity contribution is 5.85. The van der Waals surface area contributed by atoms with Crippen LogP contribution >= 0.6 is 0 Å². The van der Waals surface area contributed by atoms with E-state index in [-0.39, 0.29) is 23.7 Å². The van der Waals surface area contributed by atoms with Crippen LogP contribution in [-0.2, 0) is 11.2 Å². The van der Waals surface area contributed by atoms with Crippen LogP contribution in [0, 0.1) is 6.92 Å². The Balaban J connectivity index is 2.48. The molecule has 1 unspecified atom stereocenters. The predicted molar refractivity (Wildman–Crippen MR) is 103 cm³/mol. The molecule has 1 amide bonds. The maximum Gasteiger partial charge on any atom is 0.231 e. The molecule has 1 N–H and O–H groups in total. The quantitative estimate of drug-likeness (QED) is 0.830. The Morgan fingerprint density at radius 3 is 2.16 bits per heavy atom. The van der Waals surface area contributed by atoms with Gasteiger partial charge in [-0.25, -0.2) is 0 Å². The standard InChI is InChI=1S/C22H29NO2/c1-15(2)23(16(3)4)22(25)20(14-18-9-7-6-8-10-18)19-13-17(5)11-12-21(19)24/h6-13,15-16,20,24H,14H2,1-5H3. The van der Waals surface area contributed by atoms with Crippen molar-refractivity contribution < 1.29 is 9.90 Å². The fraction of sp³-hybridized carbons (Fsp3) is 0.409. The van der Waals surface area contributed by atoms with Crippen LogP contribution in [0.15, 0.2) is 48.5 Å². The number of carbonyl (C=O) groups excluding carboxylic acids is 1. The Kier molecular flexibility index (Phi) is 6.24. The number of aromatic hydroxyl groups is 1. The summed E-state index contributed by atoms with van der Waals surface area (Å²) in [5.74, 6) is -0.144. The summed E-state index contributed by atoms with van der Waals surface area (Å²) in [5, 5.41) is 10.4. The lowest BCUT2D eigenvalue weighted by molar-refractivity contribution is -0.136. The van der Waals surface area contributed by atoms with Gasteiger partial charge in [0, 0.05) is 17.6 Å². The van der Waals surface area contributed by atoms with E-state index in [1.165, 1.54) is 0 Å². The smallest absolute Gasteiger partial charge is 0.231 e. The maximum atomic E-state index is 13.4. The van der Waals surface area contributed by atoms with Gasteiger partial charge in [0.2, 0.25) is 5.91 Å². The average Bonchev–Trinajstić information content (AvgIpc) is 2.55. The van der Waals surface area contributed by atoms with Crippen LogP contribution in [0.5, 0.6) is 5.75 Å². The Morgan fingerprint density at radius 1 is 1.00 bits per heavy atom. The van der Waals surface area contributed by atoms with Gasteiger partial charge in [0.05, 0.1) is 5.92 Å². The molecule has 3 nitrogen and oxygen atoms in total. The molecule has 1 atom stereocenters. The fourth-order valence-electron chi connectivity index (χ4n) is 3.42. The number of rotatable bonds is 6. The lowest BCUT2D eigenvalue weighted by Crippen LogP contribution is -2.45. The van der Waals surface area contributed by atoms with Crippen molar-refractivity contribution in [2.45, 2.75) is 59.0 Å². The summed E-state index contributed by atoms with van der Waals surface area (Å²) in [6, 6.07) is 15.7. The van der Waals surface area contributed by atoms with Crippen LogP contribution in [0.4, 0.5) is 0 Å². The van der Waals surface area contributed by atoms with Gasteiger partial charge in [-0.2, -0.15) is 0 Å². The molecule has 0 saturated carbocycles. The maximum absolute atomic E-state index is 13.4. The highest BCUT2D eigenvalue weighted by Gasteiger charge is 2.31. The first-order valence-corrected chi connectivity index (χ1v) is 8.97. The second-order valence-electron chi connectivity index (χ2n) is 7.24. The molecule has 0 aliphatic carbocycles. The topological polar surface area (TPSA) is 40.5 Å². The molecule has 134 valence electrons. The highest BCUT2D eigenvalue weighted by Crippen LogP contribution is 2.32. The van der Waals surface area contributed by atoms with E-state index >= 15 is 0 Å². The van der Waals surface area contributed by atoms with E-state index < -0.39 is 5.92 Å². The van der Waals surface area contributed by atoms with Crippen LogP contribution in [0.25, 0.3) is 0 Å². The minimum Gasteiger partial charge on any atom is -0.508 e. The van der Waals surface area contributed by atoms with Crippen molar-refractivity contribution in [3.05, 3.63) is 65.2 Å². The van der Waals surface area contributed by atoms with E-state index in [0.717, 1.165) is 11.1 Å². The third kappa shape index (κ3) is 4.62. The third-order valence-corrected chi connectivity index (χ3v) is 4.51. The molecule has 0 aromatic heterocycles. The number of phenolic OH excluding ortho intramolecular Hbond substituents is 1. The molecule has 25 heavy (non-hydrogen) atoms. The molecule has 0 heterocycles. The highest BCUT2D eigenvalue weighted by atomic mass is 16.3. The third-order valence-electron chi connectivity index (χ3n) is 4.51. The fourth-order valence-corrected chi connectivity index (χ4v) is 3.42. The molecule has 2 aromatic rings. The monoisotopic (exact) mass is 339 g/mol. The summed E-state index contributed by atoms with van der Waals surface area (Å²) in [5.41, 5.74) is 2.84. The lowest BCUT2D eigenvalue weighted by atomic mass is 9.88. The van der Waals surface area contributed by atoms with Crippen LogP contribution in [0.1, 0.15) is 50.3 Å². The van der Waals surface area contributed by atoms with E-state index in [2.05, 4.69) is 0 Å². The van der Waals surface area contributed by atoms with Crippen LogP contribution in [-0.4, -0.2) is 28.0 Å². The zero-order valence-electron chi connectivity index (χ0n) is 15.9. The van der Waals surface area contributed by atoms with Crippen molar-refractivity contribution >= 4 is 5.91 Å². The van der Waals surface area contributed by atoms with Gasteiger partial charge < -0.3 is 10.0 Å². The zero-order chi connectivity index (χ0) is 18.6. The Bertz CT molecular complexity index is 699. The first-order chi connectivity index (χ1) is 11.8. The van der Waals surface area contributed by atoms with Gasteiger partial charge in [-0.3, -0.25) is 4.79 Å². The number of hydrogen-bond donors (Lipinski definition) is 1. The summed E-state index contributed by atoms with van der Waals surface area (Å²) >= 11 is 0. The van der Waals surface area contributed by atoms with Crippen molar-refractivity contribution in [1.82, 2.24) is 4.90 Å². The van der Waals surface area contributed by atoms with Crippen LogP contribution in [0.3, 0.4) is 0 Å². The van der Waals surface area contributed by atoms with Gasteiger partial charge in [0.25, 0.3) is 0 Å². The number of carbonyl (C=O) groups is 1. The summed E-state index contributed by atoms with van der Waals surface area (Å²) < 4.78 is 0. The number of hydrogen-bond acceptors (Lipinski definition) is 2. The van der Waals surface area contributed by atoms with E-state index in [1.54, 1.807) is 6.07 Å². The van der Waals surface area contributed by atoms with Gasteiger partial charge >= 0.3 is 0 Å². The number of benzene rings is 2. The number of amides is 1.